The molecule has 0 unspecified atom stereocenters. The van der Waals surface area contributed by atoms with Crippen molar-refractivity contribution in [3.05, 3.63) is 30.1 Å². The van der Waals surface area contributed by atoms with Crippen LogP contribution in [0.15, 0.2) is 34.2 Å². The maximum absolute atomic E-state index is 12.9. The summed E-state index contributed by atoms with van der Waals surface area (Å²) in [6.07, 6.45) is 1.61. The second kappa shape index (κ2) is 10.7. The van der Waals surface area contributed by atoms with Crippen molar-refractivity contribution in [2.24, 2.45) is 4.99 Å². The third-order valence-electron chi connectivity index (χ3n) is 3.86. The lowest BCUT2D eigenvalue weighted by Crippen LogP contribution is -2.42. The predicted octanol–water partition coefficient (Wildman–Crippen LogP) is 1.90. The molecular formula is C17H27FN4O2S2. The molecule has 0 aromatic heterocycles. The molecule has 2 N–H and O–H groups in total. The van der Waals surface area contributed by atoms with Crippen molar-refractivity contribution in [3.63, 3.8) is 0 Å². The molecule has 1 fully saturated rings. The summed E-state index contributed by atoms with van der Waals surface area (Å²) in [4.78, 5) is 5.56. The third-order valence-corrected chi connectivity index (χ3v) is 6.91. The summed E-state index contributed by atoms with van der Waals surface area (Å²) in [7, 11) is -3.04. The van der Waals surface area contributed by atoms with Gasteiger partial charge >= 0.3 is 0 Å². The molecule has 1 aliphatic rings. The van der Waals surface area contributed by atoms with E-state index in [9.17, 15) is 12.8 Å². The van der Waals surface area contributed by atoms with Crippen LogP contribution in [-0.2, 0) is 10.0 Å². The number of rotatable bonds is 9. The van der Waals surface area contributed by atoms with Crippen molar-refractivity contribution in [1.82, 2.24) is 14.9 Å². The van der Waals surface area contributed by atoms with Crippen molar-refractivity contribution >= 4 is 27.7 Å². The zero-order valence-electron chi connectivity index (χ0n) is 15.1. The number of hydrogen-bond donors (Lipinski definition) is 2. The summed E-state index contributed by atoms with van der Waals surface area (Å²) in [5.41, 5.74) is 0. The lowest BCUT2D eigenvalue weighted by atomic mass is 10.4. The molecule has 2 rings (SSSR count). The molecule has 9 heteroatoms. The second-order valence-corrected chi connectivity index (χ2v) is 9.17. The van der Waals surface area contributed by atoms with Crippen molar-refractivity contribution in [1.29, 1.82) is 0 Å². The third kappa shape index (κ3) is 7.13. The lowest BCUT2D eigenvalue weighted by molar-refractivity contribution is 0.445. The minimum absolute atomic E-state index is 0.220. The number of hydrogen-bond acceptors (Lipinski definition) is 4. The normalized spacial score (nSPS) is 17.4. The van der Waals surface area contributed by atoms with Crippen LogP contribution in [0.5, 0.6) is 0 Å². The highest BCUT2D eigenvalue weighted by atomic mass is 32.2. The Balaban J connectivity index is 1.67. The van der Waals surface area contributed by atoms with E-state index in [4.69, 9.17) is 0 Å². The first-order valence-corrected chi connectivity index (χ1v) is 11.5. The van der Waals surface area contributed by atoms with Gasteiger partial charge in [-0.1, -0.05) is 0 Å². The Kier molecular flexibility index (Phi) is 8.67. The molecule has 0 bridgehead atoms. The second-order valence-electron chi connectivity index (χ2n) is 5.91. The van der Waals surface area contributed by atoms with E-state index < -0.39 is 10.0 Å². The van der Waals surface area contributed by atoms with Crippen molar-refractivity contribution in [2.45, 2.75) is 24.7 Å². The van der Waals surface area contributed by atoms with E-state index in [1.807, 2.05) is 6.92 Å². The van der Waals surface area contributed by atoms with E-state index >= 15 is 0 Å². The van der Waals surface area contributed by atoms with Crippen LogP contribution in [0.3, 0.4) is 0 Å². The smallest absolute Gasteiger partial charge is 0.214 e. The largest absolute Gasteiger partial charge is 0.357 e. The highest BCUT2D eigenvalue weighted by Crippen LogP contribution is 2.18. The fraction of sp³-hybridized carbons (Fsp3) is 0.588. The number of nitrogens with one attached hydrogen (secondary N) is 2. The van der Waals surface area contributed by atoms with E-state index in [1.54, 1.807) is 23.9 Å². The van der Waals surface area contributed by atoms with Gasteiger partial charge in [0.2, 0.25) is 10.0 Å². The highest BCUT2D eigenvalue weighted by Gasteiger charge is 2.27. The Morgan fingerprint density at radius 2 is 2.08 bits per heavy atom. The van der Waals surface area contributed by atoms with E-state index in [1.165, 1.54) is 16.4 Å². The van der Waals surface area contributed by atoms with Crippen molar-refractivity contribution in [2.75, 3.05) is 44.2 Å². The summed E-state index contributed by atoms with van der Waals surface area (Å²) in [5, 5.41) is 6.35. The van der Waals surface area contributed by atoms with E-state index in [2.05, 4.69) is 15.6 Å². The van der Waals surface area contributed by atoms with E-state index in [0.29, 0.717) is 38.6 Å². The summed E-state index contributed by atoms with van der Waals surface area (Å²) in [5.74, 6) is 1.64. The Bertz CT molecular complexity index is 681. The van der Waals surface area contributed by atoms with Crippen LogP contribution in [0, 0.1) is 5.82 Å². The molecule has 1 aromatic rings. The van der Waals surface area contributed by atoms with Gasteiger partial charge in [-0.2, -0.15) is 0 Å². The highest BCUT2D eigenvalue weighted by molar-refractivity contribution is 7.99. The Labute approximate surface area is 159 Å². The van der Waals surface area contributed by atoms with Crippen molar-refractivity contribution < 1.29 is 12.8 Å². The number of aliphatic imine (C=N–C) groups is 1. The number of sulfonamides is 1. The fourth-order valence-electron chi connectivity index (χ4n) is 2.56. The van der Waals surface area contributed by atoms with Crippen LogP contribution >= 0.6 is 11.8 Å². The number of nitrogens with zero attached hydrogens (tertiary/aromatic N) is 2. The van der Waals surface area contributed by atoms with Gasteiger partial charge < -0.3 is 10.6 Å². The van der Waals surface area contributed by atoms with Gasteiger partial charge in [0.05, 0.1) is 5.75 Å². The summed E-state index contributed by atoms with van der Waals surface area (Å²) < 4.78 is 37.9. The molecule has 1 aromatic carbocycles. The van der Waals surface area contributed by atoms with Gasteiger partial charge in [0, 0.05) is 37.6 Å². The molecule has 0 saturated carbocycles. The van der Waals surface area contributed by atoms with Crippen LogP contribution < -0.4 is 10.6 Å². The quantitative estimate of drug-likeness (QED) is 0.286. The van der Waals surface area contributed by atoms with E-state index in [-0.39, 0.29) is 11.6 Å². The van der Waals surface area contributed by atoms with Gasteiger partial charge in [0.15, 0.2) is 5.96 Å². The lowest BCUT2D eigenvalue weighted by Gasteiger charge is -2.16. The molecule has 146 valence electrons. The van der Waals surface area contributed by atoms with Crippen molar-refractivity contribution in [3.8, 4) is 0 Å². The SMILES string of the molecule is CCNC(=NCCCSc1ccc(F)cc1)NCCN1CCCS1(=O)=O. The van der Waals surface area contributed by atoms with Gasteiger partial charge in [-0.05, 0) is 49.8 Å². The van der Waals surface area contributed by atoms with E-state index in [0.717, 1.165) is 23.6 Å². The summed E-state index contributed by atoms with van der Waals surface area (Å²) in [6.45, 7) is 5.02. The predicted molar refractivity (Wildman–Crippen MR) is 106 cm³/mol. The molecule has 0 radical (unpaired) electrons. The average Bonchev–Trinajstić information content (AvgIpc) is 2.94. The van der Waals surface area contributed by atoms with Crippen LogP contribution in [0.1, 0.15) is 19.8 Å². The van der Waals surface area contributed by atoms with Crippen LogP contribution in [-0.4, -0.2) is 62.9 Å². The molecule has 1 saturated heterocycles. The number of halogens is 1. The molecule has 6 nitrogen and oxygen atoms in total. The first-order valence-electron chi connectivity index (χ1n) is 8.89. The van der Waals surface area contributed by atoms with Gasteiger partial charge in [-0.15, -0.1) is 11.8 Å². The fourth-order valence-corrected chi connectivity index (χ4v) is 4.93. The minimum atomic E-state index is -3.04. The Morgan fingerprint density at radius 3 is 2.73 bits per heavy atom. The monoisotopic (exact) mass is 402 g/mol. The molecular weight excluding hydrogens is 375 g/mol. The topological polar surface area (TPSA) is 73.8 Å². The zero-order valence-corrected chi connectivity index (χ0v) is 16.7. The first-order chi connectivity index (χ1) is 12.5. The summed E-state index contributed by atoms with van der Waals surface area (Å²) >= 11 is 1.68. The number of thioether (sulfide) groups is 1. The van der Waals surface area contributed by atoms with Crippen LogP contribution in [0.4, 0.5) is 4.39 Å². The molecule has 26 heavy (non-hydrogen) atoms. The van der Waals surface area contributed by atoms with Gasteiger partial charge in [0.25, 0.3) is 0 Å². The Hall–Kier alpha value is -1.32. The molecule has 1 heterocycles. The van der Waals surface area contributed by atoms with Crippen LogP contribution in [0.2, 0.25) is 0 Å². The molecule has 0 atom stereocenters. The van der Waals surface area contributed by atoms with Gasteiger partial charge in [0.1, 0.15) is 5.82 Å². The molecule has 0 aliphatic carbocycles. The number of guanidine groups is 1. The minimum Gasteiger partial charge on any atom is -0.357 e. The molecule has 1 aliphatic heterocycles. The average molecular weight is 403 g/mol. The molecule has 0 amide bonds. The van der Waals surface area contributed by atoms with Gasteiger partial charge in [-0.3, -0.25) is 4.99 Å². The maximum Gasteiger partial charge on any atom is 0.214 e. The van der Waals surface area contributed by atoms with Crippen LogP contribution in [0.25, 0.3) is 0 Å². The standard InChI is InChI=1S/C17H27FN4O2S2/c1-2-19-17(21-10-12-22-11-4-14-26(22,23)24)20-9-3-13-25-16-7-5-15(18)6-8-16/h5-8H,2-4,9-14H2,1H3,(H2,19,20,21). The summed E-state index contributed by atoms with van der Waals surface area (Å²) in [6, 6.07) is 6.49. The van der Waals surface area contributed by atoms with Gasteiger partial charge in [-0.25, -0.2) is 17.1 Å². The Morgan fingerprint density at radius 1 is 1.31 bits per heavy atom. The zero-order chi connectivity index (χ0) is 18.8. The molecule has 0 spiro atoms. The maximum atomic E-state index is 12.9. The first kappa shape index (κ1) is 21.0. The number of benzene rings is 1.